The van der Waals surface area contributed by atoms with Gasteiger partial charge < -0.3 is 16.8 Å². The molecule has 0 fully saturated rings. The van der Waals surface area contributed by atoms with Gasteiger partial charge in [0.25, 0.3) is 0 Å². The zero-order chi connectivity index (χ0) is 7.07. The largest absolute Gasteiger partial charge is 4.00 e. The molecule has 0 atom stereocenters. The smallest absolute Gasteiger partial charge is 1.00 e. The van der Waals surface area contributed by atoms with E-state index in [1.54, 1.807) is 0 Å². The third-order valence-corrected chi connectivity index (χ3v) is 1.17. The Morgan fingerprint density at radius 1 is 0.769 bits per heavy atom. The number of hydrogen-bond donors (Lipinski definition) is 0. The maximum Gasteiger partial charge on any atom is 4.00 e. The molecule has 0 amide bonds. The molecule has 0 aromatic rings. The van der Waals surface area contributed by atoms with Gasteiger partial charge in [0.05, 0.1) is 0 Å². The Hall–Kier alpha value is -0.0270. The summed E-state index contributed by atoms with van der Waals surface area (Å²) in [6, 6.07) is 0. The maximum atomic E-state index is 2.99. The molecule has 2 aliphatic rings. The van der Waals surface area contributed by atoms with Crippen molar-refractivity contribution in [3.8, 4) is 0 Å². The first-order valence-electron chi connectivity index (χ1n) is 3.43. The summed E-state index contributed by atoms with van der Waals surface area (Å²) in [4.78, 5) is 0. The van der Waals surface area contributed by atoms with Crippen LogP contribution in [0.5, 0.6) is 0 Å². The normalized spacial score (nSPS) is 13.5. The Kier molecular flexibility index (Phi) is 20.8. The molecule has 0 aromatic heterocycles. The third-order valence-electron chi connectivity index (χ3n) is 1.17. The molecule has 0 saturated carbocycles. The topological polar surface area (TPSA) is 0 Å². The van der Waals surface area contributed by atoms with Gasteiger partial charge in [-0.1, -0.05) is 0 Å². The number of hydrogen-bond acceptors (Lipinski definition) is 0. The van der Waals surface area contributed by atoms with Crippen LogP contribution in [0.15, 0.2) is 36.5 Å². The quantitative estimate of drug-likeness (QED) is 0.450. The predicted octanol–water partition coefficient (Wildman–Crippen LogP) is 1.85. The predicted molar refractivity (Wildman–Crippen MR) is 54.6 cm³/mol. The zero-order valence-corrected chi connectivity index (χ0v) is 9.99. The van der Waals surface area contributed by atoms with Gasteiger partial charge in [0.2, 0.25) is 0 Å². The van der Waals surface area contributed by atoms with E-state index >= 15 is 0 Å². The summed E-state index contributed by atoms with van der Waals surface area (Å²) in [6.07, 6.45) is 20.0. The minimum Gasteiger partial charge on any atom is -1.00 e. The Morgan fingerprint density at radius 2 is 1.15 bits per heavy atom. The van der Waals surface area contributed by atoms with Crippen molar-refractivity contribution in [2.45, 2.75) is 12.8 Å². The van der Waals surface area contributed by atoms with Crippen LogP contribution in [-0.4, -0.2) is 16.8 Å². The van der Waals surface area contributed by atoms with Gasteiger partial charge in [-0.2, -0.15) is 12.2 Å². The standard InChI is InChI=1S/2C5H5.2B.Zr/c2*1-2-4-5-3-1;;;/h2*1-3H,4H2;;;/q4*-1;+4. The van der Waals surface area contributed by atoms with Crippen LogP contribution in [0.1, 0.15) is 12.8 Å². The van der Waals surface area contributed by atoms with Crippen LogP contribution in [0.2, 0.25) is 0 Å². The second kappa shape index (κ2) is 14.5. The van der Waals surface area contributed by atoms with E-state index in [2.05, 4.69) is 24.3 Å². The molecule has 3 heteroatoms. The van der Waals surface area contributed by atoms with Crippen LogP contribution in [0.3, 0.4) is 0 Å². The van der Waals surface area contributed by atoms with E-state index in [4.69, 9.17) is 0 Å². The molecule has 2 rings (SSSR count). The minimum absolute atomic E-state index is 0. The SMILES string of the molecule is [B-].[B-].[C-]1=CC=CC1.[C-]1=CC=CC1.[Zr+4]. The van der Waals surface area contributed by atoms with Gasteiger partial charge in [-0.25, -0.2) is 24.3 Å². The molecule has 60 valence electrons. The second-order valence-electron chi connectivity index (χ2n) is 2.01. The fraction of sp³-hybridized carbons (Fsp3) is 0.200. The van der Waals surface area contributed by atoms with Gasteiger partial charge >= 0.3 is 26.2 Å². The Labute approximate surface area is 104 Å². The Balaban J connectivity index is -0.000000125. The molecule has 2 aliphatic carbocycles. The van der Waals surface area contributed by atoms with E-state index < -0.39 is 0 Å². The minimum atomic E-state index is 0. The molecule has 13 heavy (non-hydrogen) atoms. The Bertz CT molecular complexity index is 151. The van der Waals surface area contributed by atoms with E-state index in [-0.39, 0.29) is 43.0 Å². The molecule has 0 bridgehead atoms. The van der Waals surface area contributed by atoms with Gasteiger partial charge in [-0.05, 0) is 0 Å². The summed E-state index contributed by atoms with van der Waals surface area (Å²) in [6.45, 7) is 0. The molecule has 0 aliphatic heterocycles. The van der Waals surface area contributed by atoms with E-state index in [9.17, 15) is 0 Å². The van der Waals surface area contributed by atoms with E-state index in [1.165, 1.54) is 0 Å². The van der Waals surface area contributed by atoms with Gasteiger partial charge in [0, 0.05) is 0 Å². The van der Waals surface area contributed by atoms with Gasteiger partial charge in [-0.15, -0.1) is 12.8 Å². The first-order chi connectivity index (χ1) is 5.00. The van der Waals surface area contributed by atoms with Gasteiger partial charge in [0.15, 0.2) is 0 Å². The first kappa shape index (κ1) is 18.7. The van der Waals surface area contributed by atoms with Crippen LogP contribution < -0.4 is 0 Å². The molecule has 0 aromatic carbocycles. The molecule has 0 saturated heterocycles. The fourth-order valence-electron chi connectivity index (χ4n) is 0.680. The monoisotopic (exact) mass is 242 g/mol. The van der Waals surface area contributed by atoms with Crippen LogP contribution in [-0.2, 0) is 26.2 Å². The van der Waals surface area contributed by atoms with Crippen molar-refractivity contribution in [3.05, 3.63) is 48.6 Å². The van der Waals surface area contributed by atoms with Crippen LogP contribution >= 0.6 is 0 Å². The molecular formula is C10H10B2Zr. The van der Waals surface area contributed by atoms with Crippen LogP contribution in [0.4, 0.5) is 0 Å². The van der Waals surface area contributed by atoms with Gasteiger partial charge in [0.1, 0.15) is 0 Å². The van der Waals surface area contributed by atoms with Crippen LogP contribution in [0, 0.1) is 12.2 Å². The van der Waals surface area contributed by atoms with Crippen molar-refractivity contribution in [1.29, 1.82) is 0 Å². The van der Waals surface area contributed by atoms with Crippen molar-refractivity contribution < 1.29 is 26.2 Å². The van der Waals surface area contributed by atoms with Crippen molar-refractivity contribution >= 4 is 16.8 Å². The fourth-order valence-corrected chi connectivity index (χ4v) is 0.680. The molecule has 0 unspecified atom stereocenters. The molecule has 0 heterocycles. The van der Waals surface area contributed by atoms with Crippen LogP contribution in [0.25, 0.3) is 0 Å². The summed E-state index contributed by atoms with van der Waals surface area (Å²) >= 11 is 0. The van der Waals surface area contributed by atoms with Crippen molar-refractivity contribution in [3.63, 3.8) is 0 Å². The summed E-state index contributed by atoms with van der Waals surface area (Å²) < 4.78 is 0. The number of rotatable bonds is 0. The maximum absolute atomic E-state index is 2.99. The van der Waals surface area contributed by atoms with Crippen molar-refractivity contribution in [2.75, 3.05) is 0 Å². The molecule has 0 nitrogen and oxygen atoms in total. The third kappa shape index (κ3) is 12.0. The molecule has 0 N–H and O–H groups in total. The molecule has 8 radical (unpaired) electrons. The van der Waals surface area contributed by atoms with E-state index in [0.717, 1.165) is 12.8 Å². The van der Waals surface area contributed by atoms with Crippen molar-refractivity contribution in [1.82, 2.24) is 0 Å². The van der Waals surface area contributed by atoms with Crippen molar-refractivity contribution in [2.24, 2.45) is 0 Å². The summed E-state index contributed by atoms with van der Waals surface area (Å²) in [5.41, 5.74) is 0. The van der Waals surface area contributed by atoms with E-state index in [0.29, 0.717) is 0 Å². The molecular weight excluding hydrogens is 233 g/mol. The first-order valence-corrected chi connectivity index (χ1v) is 3.43. The zero-order valence-electron chi connectivity index (χ0n) is 7.53. The molecule has 0 spiro atoms. The summed E-state index contributed by atoms with van der Waals surface area (Å²) in [5.74, 6) is 0. The Morgan fingerprint density at radius 3 is 1.23 bits per heavy atom. The van der Waals surface area contributed by atoms with Gasteiger partial charge in [-0.3, -0.25) is 12.2 Å². The number of allylic oxidation sites excluding steroid dienone is 8. The average Bonchev–Trinajstić information content (AvgIpc) is 2.67. The second-order valence-corrected chi connectivity index (χ2v) is 2.01. The average molecular weight is 243 g/mol. The summed E-state index contributed by atoms with van der Waals surface area (Å²) in [7, 11) is 0. The van der Waals surface area contributed by atoms with E-state index in [1.807, 2.05) is 24.3 Å². The summed E-state index contributed by atoms with van der Waals surface area (Å²) in [5, 5.41) is 0.